The molecule has 0 aliphatic rings. The highest BCUT2D eigenvalue weighted by Gasteiger charge is 2.20. The predicted molar refractivity (Wildman–Crippen MR) is 114 cm³/mol. The van der Waals surface area contributed by atoms with Gasteiger partial charge in [-0.15, -0.1) is 0 Å². The second kappa shape index (κ2) is 7.40. The van der Waals surface area contributed by atoms with Gasteiger partial charge in [-0.25, -0.2) is 8.42 Å². The van der Waals surface area contributed by atoms with Crippen LogP contribution in [0.4, 0.5) is 11.4 Å². The van der Waals surface area contributed by atoms with Gasteiger partial charge in [0.15, 0.2) is 0 Å². The monoisotopic (exact) mass is 419 g/mol. The number of hydrogen-bond acceptors (Lipinski definition) is 5. The van der Waals surface area contributed by atoms with Crippen molar-refractivity contribution in [2.75, 3.05) is 22.9 Å². The molecule has 1 heterocycles. The number of carbonyl (C=O) groups is 1. The van der Waals surface area contributed by atoms with E-state index in [0.717, 1.165) is 32.1 Å². The number of rotatable bonds is 5. The molecule has 28 heavy (non-hydrogen) atoms. The summed E-state index contributed by atoms with van der Waals surface area (Å²) in [5.41, 5.74) is 1.88. The number of nitrogens with zero attached hydrogens (tertiary/aromatic N) is 2. The van der Waals surface area contributed by atoms with Crippen molar-refractivity contribution in [3.63, 3.8) is 0 Å². The summed E-state index contributed by atoms with van der Waals surface area (Å²) in [6.45, 7) is 3.89. The molecule has 1 amide bonds. The minimum atomic E-state index is -3.51. The first-order chi connectivity index (χ1) is 13.1. The van der Waals surface area contributed by atoms with E-state index in [1.165, 1.54) is 7.05 Å². The number of amides is 1. The van der Waals surface area contributed by atoms with Crippen LogP contribution in [0.2, 0.25) is 0 Å². The molecule has 9 heteroatoms. The van der Waals surface area contributed by atoms with E-state index < -0.39 is 15.9 Å². The molecule has 3 aromatic rings. The third kappa shape index (κ3) is 3.81. The summed E-state index contributed by atoms with van der Waals surface area (Å²) in [5.74, 6) is -0.430. The Balaban J connectivity index is 1.95. The normalized spacial score (nSPS) is 11.8. The Morgan fingerprint density at radius 1 is 1.18 bits per heavy atom. The van der Waals surface area contributed by atoms with Crippen LogP contribution in [0.1, 0.15) is 30.2 Å². The van der Waals surface area contributed by atoms with Crippen LogP contribution in [0, 0.1) is 0 Å². The number of nitrogens with one attached hydrogen (secondary N) is 1. The minimum absolute atomic E-state index is 0.0418. The molecule has 3 rings (SSSR count). The van der Waals surface area contributed by atoms with E-state index in [1.807, 2.05) is 13.8 Å². The molecule has 2 aromatic carbocycles. The van der Waals surface area contributed by atoms with Crippen molar-refractivity contribution < 1.29 is 13.2 Å². The molecule has 0 aliphatic heterocycles. The fraction of sp³-hybridized carbons (Fsp3) is 0.263. The van der Waals surface area contributed by atoms with Gasteiger partial charge in [0, 0.05) is 18.8 Å². The summed E-state index contributed by atoms with van der Waals surface area (Å²) in [6, 6.07) is 11.8. The molecule has 1 N–H and O–H groups in total. The summed E-state index contributed by atoms with van der Waals surface area (Å²) in [5, 5.41) is 2.79. The minimum Gasteiger partial charge on any atom is -0.322 e. The van der Waals surface area contributed by atoms with Gasteiger partial charge in [-0.2, -0.15) is 0 Å². The number of sulfonamides is 1. The van der Waals surface area contributed by atoms with Gasteiger partial charge in [0.05, 0.1) is 27.7 Å². The second-order valence-electron chi connectivity index (χ2n) is 6.72. The second-order valence-corrected chi connectivity index (χ2v) is 9.72. The lowest BCUT2D eigenvalue weighted by Crippen LogP contribution is -2.27. The Morgan fingerprint density at radius 3 is 2.50 bits per heavy atom. The summed E-state index contributed by atoms with van der Waals surface area (Å²) in [6.07, 6.45) is 1.08. The van der Waals surface area contributed by atoms with Crippen molar-refractivity contribution >= 4 is 48.9 Å². The van der Waals surface area contributed by atoms with Crippen molar-refractivity contribution in [1.82, 2.24) is 4.57 Å². The Hall–Kier alpha value is -2.65. The van der Waals surface area contributed by atoms with E-state index in [0.29, 0.717) is 11.4 Å². The SMILES string of the molecule is CC(C)n1c(=O)sc2cc(NC(=O)c3ccccc3N(C)S(C)(=O)=O)ccc21. The van der Waals surface area contributed by atoms with E-state index in [1.54, 1.807) is 47.0 Å². The van der Waals surface area contributed by atoms with E-state index in [-0.39, 0.29) is 16.5 Å². The summed E-state index contributed by atoms with van der Waals surface area (Å²) >= 11 is 1.12. The lowest BCUT2D eigenvalue weighted by molar-refractivity contribution is 0.102. The molecule has 1 aromatic heterocycles. The van der Waals surface area contributed by atoms with Gasteiger partial charge >= 0.3 is 4.87 Å². The largest absolute Gasteiger partial charge is 0.322 e. The molecule has 0 atom stereocenters. The van der Waals surface area contributed by atoms with Crippen molar-refractivity contribution in [2.24, 2.45) is 0 Å². The van der Waals surface area contributed by atoms with Gasteiger partial charge in [0.25, 0.3) is 5.91 Å². The van der Waals surface area contributed by atoms with Crippen molar-refractivity contribution in [1.29, 1.82) is 0 Å². The summed E-state index contributed by atoms with van der Waals surface area (Å²) < 4.78 is 27.3. The van der Waals surface area contributed by atoms with Crippen LogP contribution < -0.4 is 14.5 Å². The third-order valence-corrected chi connectivity index (χ3v) is 6.48. The van der Waals surface area contributed by atoms with E-state index >= 15 is 0 Å². The highest BCUT2D eigenvalue weighted by Crippen LogP contribution is 2.26. The average molecular weight is 420 g/mol. The predicted octanol–water partition coefficient (Wildman–Crippen LogP) is 3.29. The highest BCUT2D eigenvalue weighted by atomic mass is 32.2. The molecule has 0 aliphatic carbocycles. The first kappa shape index (κ1) is 20.1. The molecular formula is C19H21N3O4S2. The Kier molecular flexibility index (Phi) is 5.31. The van der Waals surface area contributed by atoms with Crippen LogP contribution in [0.25, 0.3) is 10.2 Å². The standard InChI is InChI=1S/C19H21N3O4S2/c1-12(2)22-16-10-9-13(11-17(16)27-19(22)24)20-18(23)14-7-5-6-8-15(14)21(3)28(4,25)26/h5-12H,1-4H3,(H,20,23). The first-order valence-electron chi connectivity index (χ1n) is 8.59. The smallest absolute Gasteiger partial charge is 0.308 e. The topological polar surface area (TPSA) is 88.5 Å². The Bertz CT molecular complexity index is 1210. The molecule has 0 saturated carbocycles. The summed E-state index contributed by atoms with van der Waals surface area (Å²) in [4.78, 5) is 24.9. The van der Waals surface area contributed by atoms with Crippen molar-refractivity contribution in [2.45, 2.75) is 19.9 Å². The molecule has 148 valence electrons. The van der Waals surface area contributed by atoms with Gasteiger partial charge in [0.1, 0.15) is 0 Å². The highest BCUT2D eigenvalue weighted by molar-refractivity contribution is 7.92. The average Bonchev–Trinajstić information content (AvgIpc) is 2.95. The molecule has 0 saturated heterocycles. The van der Waals surface area contributed by atoms with Gasteiger partial charge in [-0.1, -0.05) is 23.5 Å². The maximum absolute atomic E-state index is 12.8. The van der Waals surface area contributed by atoms with Gasteiger partial charge in [0.2, 0.25) is 10.0 Å². The quantitative estimate of drug-likeness (QED) is 0.687. The van der Waals surface area contributed by atoms with Gasteiger partial charge < -0.3 is 5.32 Å². The van der Waals surface area contributed by atoms with Crippen molar-refractivity contribution in [3.8, 4) is 0 Å². The number of fused-ring (bicyclic) bond motifs is 1. The van der Waals surface area contributed by atoms with E-state index in [4.69, 9.17) is 0 Å². The number of para-hydroxylation sites is 1. The number of hydrogen-bond donors (Lipinski definition) is 1. The van der Waals surface area contributed by atoms with Crippen LogP contribution in [0.5, 0.6) is 0 Å². The zero-order valence-electron chi connectivity index (χ0n) is 16.0. The van der Waals surface area contributed by atoms with Crippen LogP contribution in [-0.2, 0) is 10.0 Å². The van der Waals surface area contributed by atoms with Crippen LogP contribution >= 0.6 is 11.3 Å². The fourth-order valence-electron chi connectivity index (χ4n) is 2.92. The molecule has 0 bridgehead atoms. The number of benzene rings is 2. The Labute approximate surface area is 167 Å². The molecular weight excluding hydrogens is 398 g/mol. The van der Waals surface area contributed by atoms with Crippen LogP contribution in [0.15, 0.2) is 47.3 Å². The van der Waals surface area contributed by atoms with E-state index in [2.05, 4.69) is 5.32 Å². The summed E-state index contributed by atoms with van der Waals surface area (Å²) in [7, 11) is -2.10. The molecule has 0 unspecified atom stereocenters. The van der Waals surface area contributed by atoms with Gasteiger partial charge in [-0.05, 0) is 44.2 Å². The van der Waals surface area contributed by atoms with Crippen LogP contribution in [0.3, 0.4) is 0 Å². The maximum atomic E-state index is 12.8. The maximum Gasteiger partial charge on any atom is 0.308 e. The molecule has 0 fully saturated rings. The fourth-order valence-corrected chi connectivity index (χ4v) is 4.49. The number of anilines is 2. The Morgan fingerprint density at radius 2 is 1.86 bits per heavy atom. The zero-order chi connectivity index (χ0) is 20.6. The molecule has 0 radical (unpaired) electrons. The van der Waals surface area contributed by atoms with E-state index in [9.17, 15) is 18.0 Å². The van der Waals surface area contributed by atoms with Crippen LogP contribution in [-0.4, -0.2) is 32.2 Å². The zero-order valence-corrected chi connectivity index (χ0v) is 17.6. The lowest BCUT2D eigenvalue weighted by atomic mass is 10.1. The van der Waals surface area contributed by atoms with Crippen molar-refractivity contribution in [3.05, 3.63) is 57.7 Å². The molecule has 7 nitrogen and oxygen atoms in total. The lowest BCUT2D eigenvalue weighted by Gasteiger charge is -2.19. The third-order valence-electron chi connectivity index (χ3n) is 4.37. The first-order valence-corrected chi connectivity index (χ1v) is 11.3. The molecule has 0 spiro atoms. The van der Waals surface area contributed by atoms with Gasteiger partial charge in [-0.3, -0.25) is 18.5 Å². The number of carbonyl (C=O) groups excluding carboxylic acids is 1. The number of thiazole rings is 1. The number of aromatic nitrogens is 1.